The molecule has 3 aromatic carbocycles. The maximum absolute atomic E-state index is 12.8. The third-order valence-corrected chi connectivity index (χ3v) is 7.93. The standard InChI is InChI=1S/C24H26N2O4S2/c1-26(2)32(28,29)20-14-15-22(30-3)21(16-20)25-23(27)17-31-24(18-10-6-4-7-11-18)19-12-8-5-9-13-19/h4-16,24H,17H2,1-3H3,(H,25,27). The number of sulfonamides is 1. The van der Waals surface area contributed by atoms with Gasteiger partial charge in [-0.2, -0.15) is 0 Å². The van der Waals surface area contributed by atoms with Gasteiger partial charge in [-0.05, 0) is 29.3 Å². The first-order valence-corrected chi connectivity index (χ1v) is 12.4. The molecule has 0 aliphatic heterocycles. The number of rotatable bonds is 9. The maximum atomic E-state index is 12.8. The monoisotopic (exact) mass is 470 g/mol. The predicted molar refractivity (Wildman–Crippen MR) is 130 cm³/mol. The van der Waals surface area contributed by atoms with Gasteiger partial charge in [-0.15, -0.1) is 11.8 Å². The molecule has 1 N–H and O–H groups in total. The zero-order chi connectivity index (χ0) is 23.1. The average molecular weight is 471 g/mol. The van der Waals surface area contributed by atoms with Crippen LogP contribution in [0.2, 0.25) is 0 Å². The lowest BCUT2D eigenvalue weighted by Crippen LogP contribution is -2.22. The zero-order valence-electron chi connectivity index (χ0n) is 18.2. The van der Waals surface area contributed by atoms with Crippen LogP contribution >= 0.6 is 11.8 Å². The van der Waals surface area contributed by atoms with E-state index in [1.807, 2.05) is 60.7 Å². The van der Waals surface area contributed by atoms with E-state index in [-0.39, 0.29) is 21.8 Å². The number of ether oxygens (including phenoxy) is 1. The molecule has 0 aliphatic rings. The van der Waals surface area contributed by atoms with E-state index in [4.69, 9.17) is 4.74 Å². The summed E-state index contributed by atoms with van der Waals surface area (Å²) in [6, 6.07) is 24.4. The van der Waals surface area contributed by atoms with Crippen molar-refractivity contribution in [2.45, 2.75) is 10.1 Å². The minimum absolute atomic E-state index is 0.00880. The molecule has 0 unspecified atom stereocenters. The predicted octanol–water partition coefficient (Wildman–Crippen LogP) is 4.41. The second-order valence-corrected chi connectivity index (χ2v) is 10.5. The van der Waals surface area contributed by atoms with Crippen LogP contribution < -0.4 is 10.1 Å². The number of hydrogen-bond donors (Lipinski definition) is 1. The number of hydrogen-bond acceptors (Lipinski definition) is 5. The fourth-order valence-corrected chi connectivity index (χ4v) is 5.16. The Hall–Kier alpha value is -2.81. The Morgan fingerprint density at radius 3 is 2.03 bits per heavy atom. The van der Waals surface area contributed by atoms with Gasteiger partial charge in [0.05, 0.1) is 28.7 Å². The number of thioether (sulfide) groups is 1. The highest BCUT2D eigenvalue weighted by molar-refractivity contribution is 8.00. The highest BCUT2D eigenvalue weighted by Crippen LogP contribution is 2.36. The van der Waals surface area contributed by atoms with Crippen LogP contribution in [0.15, 0.2) is 83.8 Å². The lowest BCUT2D eigenvalue weighted by atomic mass is 10.0. The first-order valence-electron chi connectivity index (χ1n) is 9.95. The molecule has 3 rings (SSSR count). The molecule has 0 atom stereocenters. The molecule has 0 bridgehead atoms. The summed E-state index contributed by atoms with van der Waals surface area (Å²) in [5.74, 6) is 0.329. The van der Waals surface area contributed by atoms with Crippen LogP contribution in [0.5, 0.6) is 5.75 Å². The Morgan fingerprint density at radius 1 is 0.969 bits per heavy atom. The van der Waals surface area contributed by atoms with Gasteiger partial charge in [-0.3, -0.25) is 4.79 Å². The fraction of sp³-hybridized carbons (Fsp3) is 0.208. The SMILES string of the molecule is COc1ccc(S(=O)(=O)N(C)C)cc1NC(=O)CSC(c1ccccc1)c1ccccc1. The molecule has 0 saturated carbocycles. The molecule has 0 aliphatic carbocycles. The molecular formula is C24H26N2O4S2. The van der Waals surface area contributed by atoms with Crippen molar-refractivity contribution in [2.75, 3.05) is 32.3 Å². The Labute approximate surface area is 193 Å². The first-order chi connectivity index (χ1) is 15.3. The summed E-state index contributed by atoms with van der Waals surface area (Å²) in [7, 11) is 0.756. The van der Waals surface area contributed by atoms with Gasteiger partial charge in [0.25, 0.3) is 0 Å². The molecule has 6 nitrogen and oxygen atoms in total. The molecule has 0 fully saturated rings. The Bertz CT molecular complexity index is 1110. The summed E-state index contributed by atoms with van der Waals surface area (Å²) >= 11 is 1.50. The number of carbonyl (C=O) groups excluding carboxylic acids is 1. The number of carbonyl (C=O) groups is 1. The molecule has 0 radical (unpaired) electrons. The Kier molecular flexibility index (Phi) is 7.95. The molecule has 0 heterocycles. The quantitative estimate of drug-likeness (QED) is 0.501. The molecule has 0 spiro atoms. The molecule has 1 amide bonds. The van der Waals surface area contributed by atoms with Crippen LogP contribution in [-0.4, -0.2) is 45.6 Å². The minimum atomic E-state index is -3.64. The number of methoxy groups -OCH3 is 1. The minimum Gasteiger partial charge on any atom is -0.495 e. The third kappa shape index (κ3) is 5.70. The average Bonchev–Trinajstić information content (AvgIpc) is 2.80. The van der Waals surface area contributed by atoms with Gasteiger partial charge in [-0.1, -0.05) is 60.7 Å². The van der Waals surface area contributed by atoms with Crippen LogP contribution in [0.25, 0.3) is 0 Å². The number of nitrogens with zero attached hydrogens (tertiary/aromatic N) is 1. The van der Waals surface area contributed by atoms with Gasteiger partial charge in [0.2, 0.25) is 15.9 Å². The summed E-state index contributed by atoms with van der Waals surface area (Å²) in [4.78, 5) is 12.9. The van der Waals surface area contributed by atoms with Crippen LogP contribution in [0.3, 0.4) is 0 Å². The van der Waals surface area contributed by atoms with Crippen LogP contribution in [-0.2, 0) is 14.8 Å². The van der Waals surface area contributed by atoms with Crippen molar-refractivity contribution in [3.63, 3.8) is 0 Å². The second kappa shape index (κ2) is 10.7. The van der Waals surface area contributed by atoms with E-state index in [2.05, 4.69) is 5.32 Å². The lowest BCUT2D eigenvalue weighted by molar-refractivity contribution is -0.113. The van der Waals surface area contributed by atoms with Crippen LogP contribution in [0.4, 0.5) is 5.69 Å². The van der Waals surface area contributed by atoms with Gasteiger partial charge in [0.15, 0.2) is 0 Å². The van der Waals surface area contributed by atoms with Gasteiger partial charge in [-0.25, -0.2) is 12.7 Å². The molecule has 0 aromatic heterocycles. The largest absolute Gasteiger partial charge is 0.495 e. The van der Waals surface area contributed by atoms with Crippen LogP contribution in [0, 0.1) is 0 Å². The Morgan fingerprint density at radius 2 is 1.53 bits per heavy atom. The summed E-state index contributed by atoms with van der Waals surface area (Å²) in [6.07, 6.45) is 0. The summed E-state index contributed by atoms with van der Waals surface area (Å²) in [6.45, 7) is 0. The topological polar surface area (TPSA) is 75.7 Å². The van der Waals surface area contributed by atoms with Crippen molar-refractivity contribution >= 4 is 33.4 Å². The van der Waals surface area contributed by atoms with Crippen molar-refractivity contribution in [1.82, 2.24) is 4.31 Å². The summed E-state index contributed by atoms with van der Waals surface area (Å²) in [5.41, 5.74) is 2.53. The molecule has 32 heavy (non-hydrogen) atoms. The van der Waals surface area contributed by atoms with E-state index in [0.29, 0.717) is 11.4 Å². The fourth-order valence-electron chi connectivity index (χ4n) is 3.14. The zero-order valence-corrected chi connectivity index (χ0v) is 19.8. The molecule has 8 heteroatoms. The molecule has 3 aromatic rings. The smallest absolute Gasteiger partial charge is 0.242 e. The molecule has 168 valence electrons. The highest BCUT2D eigenvalue weighted by atomic mass is 32.2. The third-order valence-electron chi connectivity index (χ3n) is 4.81. The maximum Gasteiger partial charge on any atom is 0.242 e. The molecular weight excluding hydrogens is 444 g/mol. The second-order valence-electron chi connectivity index (χ2n) is 7.21. The van der Waals surface area contributed by atoms with Gasteiger partial charge >= 0.3 is 0 Å². The van der Waals surface area contributed by atoms with E-state index in [0.717, 1.165) is 15.4 Å². The highest BCUT2D eigenvalue weighted by Gasteiger charge is 2.21. The normalized spacial score (nSPS) is 11.5. The lowest BCUT2D eigenvalue weighted by Gasteiger charge is -2.18. The number of amides is 1. The van der Waals surface area contributed by atoms with Gasteiger partial charge < -0.3 is 10.1 Å². The number of anilines is 1. The first kappa shape index (κ1) is 23.8. The van der Waals surface area contributed by atoms with E-state index in [1.54, 1.807) is 0 Å². The number of nitrogens with one attached hydrogen (secondary N) is 1. The van der Waals surface area contributed by atoms with E-state index < -0.39 is 10.0 Å². The van der Waals surface area contributed by atoms with Crippen molar-refractivity contribution in [2.24, 2.45) is 0 Å². The number of benzene rings is 3. The van der Waals surface area contributed by atoms with Crippen molar-refractivity contribution in [3.05, 3.63) is 90.0 Å². The van der Waals surface area contributed by atoms with E-state index in [9.17, 15) is 13.2 Å². The summed E-state index contributed by atoms with van der Waals surface area (Å²) in [5, 5.41) is 2.79. The van der Waals surface area contributed by atoms with E-state index >= 15 is 0 Å². The van der Waals surface area contributed by atoms with Gasteiger partial charge in [0.1, 0.15) is 5.75 Å². The Balaban J connectivity index is 1.78. The van der Waals surface area contributed by atoms with Crippen LogP contribution in [0.1, 0.15) is 16.4 Å². The molecule has 0 saturated heterocycles. The summed E-state index contributed by atoms with van der Waals surface area (Å²) < 4.78 is 31.4. The van der Waals surface area contributed by atoms with Crippen molar-refractivity contribution < 1.29 is 17.9 Å². The van der Waals surface area contributed by atoms with Crippen molar-refractivity contribution in [1.29, 1.82) is 0 Å². The van der Waals surface area contributed by atoms with Gasteiger partial charge in [0, 0.05) is 14.1 Å². The van der Waals surface area contributed by atoms with E-state index in [1.165, 1.54) is 51.2 Å². The van der Waals surface area contributed by atoms with Crippen molar-refractivity contribution in [3.8, 4) is 5.75 Å².